The van der Waals surface area contributed by atoms with E-state index in [9.17, 15) is 14.7 Å². The van der Waals surface area contributed by atoms with Crippen LogP contribution in [0.15, 0.2) is 70.3 Å². The Morgan fingerprint density at radius 2 is 1.58 bits per heavy atom. The summed E-state index contributed by atoms with van der Waals surface area (Å²) in [6.45, 7) is 0. The minimum absolute atomic E-state index is 0.0907. The summed E-state index contributed by atoms with van der Waals surface area (Å²) < 4.78 is 0. The molecule has 0 unspecified atom stereocenters. The van der Waals surface area contributed by atoms with E-state index in [2.05, 4.69) is 16.2 Å². The molecule has 0 aliphatic carbocycles. The Morgan fingerprint density at radius 1 is 0.923 bits per heavy atom. The van der Waals surface area contributed by atoms with Crippen molar-refractivity contribution in [2.45, 2.75) is 10.6 Å². The number of rotatable bonds is 5. The Labute approximate surface area is 159 Å². The van der Waals surface area contributed by atoms with Gasteiger partial charge in [-0.1, -0.05) is 24.3 Å². The minimum Gasteiger partial charge on any atom is -0.507 e. The summed E-state index contributed by atoms with van der Waals surface area (Å²) in [6, 6.07) is 15.4. The third kappa shape index (κ3) is 4.44. The molecule has 3 aromatic rings. The highest BCUT2D eigenvalue weighted by molar-refractivity contribution is 7.98. The van der Waals surface area contributed by atoms with E-state index in [4.69, 9.17) is 0 Å². The van der Waals surface area contributed by atoms with E-state index in [1.165, 1.54) is 17.7 Å². The van der Waals surface area contributed by atoms with Crippen molar-refractivity contribution in [3.05, 3.63) is 82.0 Å². The van der Waals surface area contributed by atoms with Crippen molar-refractivity contribution >= 4 is 34.9 Å². The molecular formula is C19H16N2O3S2. The number of aromatic hydroxyl groups is 1. The van der Waals surface area contributed by atoms with E-state index < -0.39 is 11.8 Å². The smallest absolute Gasteiger partial charge is 0.273 e. The van der Waals surface area contributed by atoms with Gasteiger partial charge in [-0.05, 0) is 46.7 Å². The molecule has 1 heterocycles. The molecule has 2 amide bonds. The topological polar surface area (TPSA) is 78.4 Å². The number of carbonyl (C=O) groups excluding carboxylic acids is 2. The number of hydrogen-bond donors (Lipinski definition) is 3. The van der Waals surface area contributed by atoms with Gasteiger partial charge >= 0.3 is 0 Å². The zero-order valence-corrected chi connectivity index (χ0v) is 15.3. The SMILES string of the molecule is O=C(NNC(=O)c1ccccc1SCc1ccsc1)c1ccccc1O. The summed E-state index contributed by atoms with van der Waals surface area (Å²) >= 11 is 3.19. The first-order valence-corrected chi connectivity index (χ1v) is 9.69. The number of phenolic OH excluding ortho intramolecular Hbond substituents is 1. The van der Waals surface area contributed by atoms with Crippen molar-refractivity contribution in [2.24, 2.45) is 0 Å². The van der Waals surface area contributed by atoms with E-state index in [-0.39, 0.29) is 11.3 Å². The average molecular weight is 384 g/mol. The zero-order chi connectivity index (χ0) is 18.4. The van der Waals surface area contributed by atoms with Crippen molar-refractivity contribution in [1.29, 1.82) is 0 Å². The van der Waals surface area contributed by atoms with Gasteiger partial charge in [0.1, 0.15) is 5.75 Å². The van der Waals surface area contributed by atoms with Crippen molar-refractivity contribution in [2.75, 3.05) is 0 Å². The van der Waals surface area contributed by atoms with Crippen LogP contribution in [-0.4, -0.2) is 16.9 Å². The molecule has 0 spiro atoms. The molecule has 5 nitrogen and oxygen atoms in total. The van der Waals surface area contributed by atoms with Crippen molar-refractivity contribution in [1.82, 2.24) is 10.9 Å². The number of hydrogen-bond acceptors (Lipinski definition) is 5. The van der Waals surface area contributed by atoms with E-state index in [0.29, 0.717) is 5.56 Å². The van der Waals surface area contributed by atoms with E-state index in [1.54, 1.807) is 47.4 Å². The molecular weight excluding hydrogens is 368 g/mol. The Kier molecular flexibility index (Phi) is 5.93. The number of phenols is 1. The fourth-order valence-electron chi connectivity index (χ4n) is 2.23. The number of thioether (sulfide) groups is 1. The van der Waals surface area contributed by atoms with Gasteiger partial charge in [0.2, 0.25) is 0 Å². The number of hydrazine groups is 1. The van der Waals surface area contributed by atoms with Crippen LogP contribution in [0, 0.1) is 0 Å². The van der Waals surface area contributed by atoms with Crippen LogP contribution in [0.1, 0.15) is 26.3 Å². The van der Waals surface area contributed by atoms with Gasteiger partial charge in [0, 0.05) is 10.6 Å². The monoisotopic (exact) mass is 384 g/mol. The first-order valence-electron chi connectivity index (χ1n) is 7.76. The molecule has 0 saturated heterocycles. The van der Waals surface area contributed by atoms with Crippen LogP contribution in [0.4, 0.5) is 0 Å². The van der Waals surface area contributed by atoms with Gasteiger partial charge in [0.15, 0.2) is 0 Å². The van der Waals surface area contributed by atoms with Crippen molar-refractivity contribution in [3.8, 4) is 5.75 Å². The summed E-state index contributed by atoms with van der Waals surface area (Å²) in [6.07, 6.45) is 0. The van der Waals surface area contributed by atoms with E-state index >= 15 is 0 Å². The summed E-state index contributed by atoms with van der Waals surface area (Å²) in [5.74, 6) is -0.383. The predicted octanol–water partition coefficient (Wildman–Crippen LogP) is 3.82. The van der Waals surface area contributed by atoms with Crippen molar-refractivity contribution in [3.63, 3.8) is 0 Å². The predicted molar refractivity (Wildman–Crippen MR) is 103 cm³/mol. The lowest BCUT2D eigenvalue weighted by molar-refractivity contribution is 0.0843. The third-order valence-electron chi connectivity index (χ3n) is 3.54. The molecule has 1 aromatic heterocycles. The summed E-state index contributed by atoms with van der Waals surface area (Å²) in [5, 5.41) is 13.8. The summed E-state index contributed by atoms with van der Waals surface area (Å²) in [5.41, 5.74) is 6.49. The number of para-hydroxylation sites is 1. The third-order valence-corrected chi connectivity index (χ3v) is 5.42. The number of amides is 2. The van der Waals surface area contributed by atoms with Gasteiger partial charge < -0.3 is 5.11 Å². The zero-order valence-electron chi connectivity index (χ0n) is 13.6. The van der Waals surface area contributed by atoms with Gasteiger partial charge in [0.05, 0.1) is 11.1 Å². The first kappa shape index (κ1) is 18.0. The molecule has 0 radical (unpaired) electrons. The van der Waals surface area contributed by atoms with Gasteiger partial charge in [-0.2, -0.15) is 11.3 Å². The second-order valence-electron chi connectivity index (χ2n) is 5.34. The fraction of sp³-hybridized carbons (Fsp3) is 0.0526. The lowest BCUT2D eigenvalue weighted by atomic mass is 10.2. The normalized spacial score (nSPS) is 10.3. The summed E-state index contributed by atoms with van der Waals surface area (Å²) in [7, 11) is 0. The van der Waals surface area contributed by atoms with Gasteiger partial charge in [-0.15, -0.1) is 11.8 Å². The minimum atomic E-state index is -0.583. The second kappa shape index (κ2) is 8.55. The van der Waals surface area contributed by atoms with Crippen LogP contribution in [0.2, 0.25) is 0 Å². The quantitative estimate of drug-likeness (QED) is 0.462. The van der Waals surface area contributed by atoms with E-state index in [0.717, 1.165) is 10.6 Å². The second-order valence-corrected chi connectivity index (χ2v) is 7.14. The molecule has 0 aliphatic rings. The molecule has 3 rings (SSSR count). The maximum atomic E-state index is 12.4. The Morgan fingerprint density at radius 3 is 2.27 bits per heavy atom. The fourth-order valence-corrected chi connectivity index (χ4v) is 4.00. The van der Waals surface area contributed by atoms with Gasteiger partial charge in [0.25, 0.3) is 11.8 Å². The highest BCUT2D eigenvalue weighted by Crippen LogP contribution is 2.27. The molecule has 7 heteroatoms. The lowest BCUT2D eigenvalue weighted by Gasteiger charge is -2.11. The number of thiophene rings is 1. The molecule has 3 N–H and O–H groups in total. The molecule has 26 heavy (non-hydrogen) atoms. The van der Waals surface area contributed by atoms with Gasteiger partial charge in [-0.3, -0.25) is 20.4 Å². The lowest BCUT2D eigenvalue weighted by Crippen LogP contribution is -2.41. The van der Waals surface area contributed by atoms with Crippen molar-refractivity contribution < 1.29 is 14.7 Å². The van der Waals surface area contributed by atoms with Crippen LogP contribution in [0.5, 0.6) is 5.75 Å². The maximum absolute atomic E-state index is 12.4. The van der Waals surface area contributed by atoms with Crippen LogP contribution in [0.25, 0.3) is 0 Å². The molecule has 0 fully saturated rings. The highest BCUT2D eigenvalue weighted by Gasteiger charge is 2.14. The molecule has 132 valence electrons. The van der Waals surface area contributed by atoms with Crippen LogP contribution in [-0.2, 0) is 5.75 Å². The molecule has 2 aromatic carbocycles. The standard InChI is InChI=1S/C19H16N2O3S2/c22-16-7-3-1-5-14(16)18(23)20-21-19(24)15-6-2-4-8-17(15)26-12-13-9-10-25-11-13/h1-11,22H,12H2,(H,20,23)(H,21,24). The molecule has 0 saturated carbocycles. The first-order chi connectivity index (χ1) is 12.6. The molecule has 0 bridgehead atoms. The maximum Gasteiger partial charge on any atom is 0.273 e. The van der Waals surface area contributed by atoms with Crippen LogP contribution >= 0.6 is 23.1 Å². The summed E-state index contributed by atoms with van der Waals surface area (Å²) in [4.78, 5) is 25.4. The number of carbonyl (C=O) groups is 2. The highest BCUT2D eigenvalue weighted by atomic mass is 32.2. The Bertz CT molecular complexity index is 911. The Hall–Kier alpha value is -2.77. The largest absolute Gasteiger partial charge is 0.507 e. The van der Waals surface area contributed by atoms with E-state index in [1.807, 2.05) is 23.6 Å². The van der Waals surface area contributed by atoms with Crippen LogP contribution in [0.3, 0.4) is 0 Å². The number of benzene rings is 2. The average Bonchev–Trinajstić information content (AvgIpc) is 3.18. The number of nitrogens with one attached hydrogen (secondary N) is 2. The van der Waals surface area contributed by atoms with Crippen LogP contribution < -0.4 is 10.9 Å². The van der Waals surface area contributed by atoms with Gasteiger partial charge in [-0.25, -0.2) is 0 Å². The molecule has 0 atom stereocenters. The molecule has 0 aliphatic heterocycles. The Balaban J connectivity index is 1.64.